The van der Waals surface area contributed by atoms with Crippen LogP contribution in [0, 0.1) is 6.92 Å². The summed E-state index contributed by atoms with van der Waals surface area (Å²) in [4.78, 5) is 0. The molecular formula is C15H15N3. The van der Waals surface area contributed by atoms with Gasteiger partial charge in [-0.15, -0.1) is 5.53 Å². The van der Waals surface area contributed by atoms with E-state index >= 15 is 0 Å². The minimum atomic E-state index is 1.07. The largest absolute Gasteiger partial charge is 0.301 e. The van der Waals surface area contributed by atoms with Crippen LogP contribution in [0.2, 0.25) is 0 Å². The molecule has 0 saturated heterocycles. The van der Waals surface area contributed by atoms with Gasteiger partial charge in [-0.05, 0) is 19.1 Å². The summed E-state index contributed by atoms with van der Waals surface area (Å²) in [6.07, 6.45) is 2.06. The zero-order chi connectivity index (χ0) is 12.4. The lowest BCUT2D eigenvalue weighted by molar-refractivity contribution is 0.689. The van der Waals surface area contributed by atoms with E-state index in [1.165, 1.54) is 11.1 Å². The Morgan fingerprint density at radius 3 is 2.33 bits per heavy atom. The summed E-state index contributed by atoms with van der Waals surface area (Å²) in [6.45, 7) is 2.09. The van der Waals surface area contributed by atoms with Gasteiger partial charge in [0.15, 0.2) is 0 Å². The Morgan fingerprint density at radius 2 is 1.61 bits per heavy atom. The fourth-order valence-electron chi connectivity index (χ4n) is 1.92. The van der Waals surface area contributed by atoms with Gasteiger partial charge in [-0.1, -0.05) is 48.0 Å². The molecule has 0 aromatic heterocycles. The Labute approximate surface area is 107 Å². The Morgan fingerprint density at radius 1 is 0.889 bits per heavy atom. The molecule has 0 atom stereocenters. The number of aryl methyl sites for hydroxylation is 1. The van der Waals surface area contributed by atoms with Crippen LogP contribution in [0.1, 0.15) is 11.1 Å². The normalized spacial score (nSPS) is 14.3. The summed E-state index contributed by atoms with van der Waals surface area (Å²) in [5.41, 5.74) is 10.9. The van der Waals surface area contributed by atoms with Gasteiger partial charge in [0.25, 0.3) is 0 Å². The molecule has 1 aliphatic heterocycles. The molecule has 0 radical (unpaired) electrons. The molecule has 3 heteroatoms. The second kappa shape index (κ2) is 4.55. The van der Waals surface area contributed by atoms with Crippen LogP contribution in [0.5, 0.6) is 0 Å². The number of hydrazine groups is 2. The smallest absolute Gasteiger partial charge is 0.0756 e. The molecule has 90 valence electrons. The van der Waals surface area contributed by atoms with E-state index in [1.54, 1.807) is 0 Å². The molecule has 0 fully saturated rings. The van der Waals surface area contributed by atoms with Gasteiger partial charge in [0.05, 0.1) is 11.4 Å². The molecule has 18 heavy (non-hydrogen) atoms. The van der Waals surface area contributed by atoms with Crippen LogP contribution in [0.25, 0.3) is 5.70 Å². The summed E-state index contributed by atoms with van der Waals surface area (Å²) >= 11 is 0. The molecule has 0 amide bonds. The van der Waals surface area contributed by atoms with Crippen molar-refractivity contribution in [2.24, 2.45) is 0 Å². The van der Waals surface area contributed by atoms with Crippen molar-refractivity contribution in [1.29, 1.82) is 0 Å². The zero-order valence-electron chi connectivity index (χ0n) is 10.2. The first-order valence-corrected chi connectivity index (χ1v) is 5.98. The minimum absolute atomic E-state index is 1.07. The maximum atomic E-state index is 3.18. The van der Waals surface area contributed by atoms with Crippen molar-refractivity contribution in [2.75, 3.05) is 5.01 Å². The monoisotopic (exact) mass is 237 g/mol. The first kappa shape index (κ1) is 10.9. The molecule has 0 spiro atoms. The summed E-state index contributed by atoms with van der Waals surface area (Å²) in [5, 5.41) is 1.97. The molecule has 0 saturated carbocycles. The molecule has 0 unspecified atom stereocenters. The lowest BCUT2D eigenvalue weighted by Crippen LogP contribution is -2.36. The molecule has 2 aromatic rings. The zero-order valence-corrected chi connectivity index (χ0v) is 10.2. The van der Waals surface area contributed by atoms with Gasteiger partial charge in [0.2, 0.25) is 0 Å². The fraction of sp³-hybridized carbons (Fsp3) is 0.0667. The summed E-state index contributed by atoms with van der Waals surface area (Å²) in [5.74, 6) is 0. The number of nitrogens with one attached hydrogen (secondary N) is 2. The van der Waals surface area contributed by atoms with E-state index in [0.717, 1.165) is 11.4 Å². The van der Waals surface area contributed by atoms with Crippen LogP contribution in [-0.2, 0) is 0 Å². The topological polar surface area (TPSA) is 27.3 Å². The Balaban J connectivity index is 1.86. The average Bonchev–Trinajstić information content (AvgIpc) is 2.90. The Kier molecular flexibility index (Phi) is 2.74. The molecule has 2 aromatic carbocycles. The summed E-state index contributed by atoms with van der Waals surface area (Å²) in [7, 11) is 0. The second-order valence-electron chi connectivity index (χ2n) is 4.35. The first-order valence-electron chi connectivity index (χ1n) is 5.98. The standard InChI is InChI=1S/C15H15N3/c1-12-7-9-13(10-8-12)15-11-18(17-16-15)14-5-3-2-4-6-14/h2-11,16-17H,1H3. The number of benzene rings is 2. The SMILES string of the molecule is Cc1ccc(C2=CN(c3ccccc3)NN2)cc1. The Hall–Kier alpha value is -2.26. The quantitative estimate of drug-likeness (QED) is 0.841. The predicted octanol–water partition coefficient (Wildman–Crippen LogP) is 2.82. The highest BCUT2D eigenvalue weighted by atomic mass is 15.7. The van der Waals surface area contributed by atoms with E-state index in [2.05, 4.69) is 60.5 Å². The van der Waals surface area contributed by atoms with Gasteiger partial charge in [0, 0.05) is 11.8 Å². The summed E-state index contributed by atoms with van der Waals surface area (Å²) < 4.78 is 0. The highest BCUT2D eigenvalue weighted by molar-refractivity contribution is 5.69. The predicted molar refractivity (Wildman–Crippen MR) is 74.3 cm³/mol. The lowest BCUT2D eigenvalue weighted by Gasteiger charge is -2.14. The Bertz CT molecular complexity index is 558. The van der Waals surface area contributed by atoms with Crippen LogP contribution in [-0.4, -0.2) is 0 Å². The molecule has 2 N–H and O–H groups in total. The first-order chi connectivity index (χ1) is 8.83. The van der Waals surface area contributed by atoms with Crippen molar-refractivity contribution < 1.29 is 0 Å². The second-order valence-corrected chi connectivity index (χ2v) is 4.35. The number of rotatable bonds is 2. The fourth-order valence-corrected chi connectivity index (χ4v) is 1.92. The molecule has 0 aliphatic carbocycles. The van der Waals surface area contributed by atoms with Gasteiger partial charge in [0.1, 0.15) is 0 Å². The van der Waals surface area contributed by atoms with Crippen molar-refractivity contribution in [3.05, 3.63) is 71.9 Å². The maximum absolute atomic E-state index is 3.18. The molecule has 1 aliphatic rings. The maximum Gasteiger partial charge on any atom is 0.0756 e. The molecular weight excluding hydrogens is 222 g/mol. The van der Waals surface area contributed by atoms with Crippen molar-refractivity contribution in [3.63, 3.8) is 0 Å². The summed E-state index contributed by atoms with van der Waals surface area (Å²) in [6, 6.07) is 18.6. The average molecular weight is 237 g/mol. The number of para-hydroxylation sites is 1. The third-order valence-electron chi connectivity index (χ3n) is 2.97. The van der Waals surface area contributed by atoms with Gasteiger partial charge in [-0.2, -0.15) is 0 Å². The van der Waals surface area contributed by atoms with Gasteiger partial charge >= 0.3 is 0 Å². The van der Waals surface area contributed by atoms with Crippen molar-refractivity contribution in [1.82, 2.24) is 11.0 Å². The highest BCUT2D eigenvalue weighted by Gasteiger charge is 2.13. The van der Waals surface area contributed by atoms with Crippen LogP contribution in [0.3, 0.4) is 0 Å². The van der Waals surface area contributed by atoms with Gasteiger partial charge in [-0.3, -0.25) is 5.01 Å². The van der Waals surface area contributed by atoms with E-state index < -0.39 is 0 Å². The van der Waals surface area contributed by atoms with Crippen LogP contribution >= 0.6 is 0 Å². The molecule has 3 nitrogen and oxygen atoms in total. The van der Waals surface area contributed by atoms with E-state index in [0.29, 0.717) is 0 Å². The van der Waals surface area contributed by atoms with Crippen molar-refractivity contribution in [3.8, 4) is 0 Å². The highest BCUT2D eigenvalue weighted by Crippen LogP contribution is 2.20. The number of hydrogen-bond donors (Lipinski definition) is 2. The number of hydrogen-bond acceptors (Lipinski definition) is 3. The molecule has 3 rings (SSSR count). The van der Waals surface area contributed by atoms with E-state index in [-0.39, 0.29) is 0 Å². The minimum Gasteiger partial charge on any atom is -0.301 e. The molecule has 0 bridgehead atoms. The number of anilines is 1. The van der Waals surface area contributed by atoms with Gasteiger partial charge in [-0.25, -0.2) is 0 Å². The van der Waals surface area contributed by atoms with Crippen LogP contribution in [0.15, 0.2) is 60.8 Å². The lowest BCUT2D eigenvalue weighted by atomic mass is 10.1. The van der Waals surface area contributed by atoms with E-state index in [9.17, 15) is 0 Å². The van der Waals surface area contributed by atoms with Crippen LogP contribution in [0.4, 0.5) is 5.69 Å². The molecule has 1 heterocycles. The third kappa shape index (κ3) is 2.08. The van der Waals surface area contributed by atoms with E-state index in [4.69, 9.17) is 0 Å². The van der Waals surface area contributed by atoms with E-state index in [1.807, 2.05) is 23.2 Å². The third-order valence-corrected chi connectivity index (χ3v) is 2.97. The van der Waals surface area contributed by atoms with Crippen molar-refractivity contribution >= 4 is 11.4 Å². The van der Waals surface area contributed by atoms with Crippen LogP contribution < -0.4 is 16.0 Å². The van der Waals surface area contributed by atoms with Gasteiger partial charge < -0.3 is 5.43 Å². The van der Waals surface area contributed by atoms with Crippen molar-refractivity contribution in [2.45, 2.75) is 6.92 Å². The number of nitrogens with zero attached hydrogens (tertiary/aromatic N) is 1.